The first kappa shape index (κ1) is 19.6. The molecule has 8 heteroatoms. The highest BCUT2D eigenvalue weighted by molar-refractivity contribution is 6.05. The molecule has 0 saturated carbocycles. The van der Waals surface area contributed by atoms with Crippen LogP contribution in [-0.4, -0.2) is 15.5 Å². The van der Waals surface area contributed by atoms with Crippen LogP contribution >= 0.6 is 0 Å². The van der Waals surface area contributed by atoms with Gasteiger partial charge in [0.15, 0.2) is 0 Å². The van der Waals surface area contributed by atoms with Crippen molar-refractivity contribution in [2.24, 2.45) is 7.05 Å². The van der Waals surface area contributed by atoms with Gasteiger partial charge < -0.3 is 9.88 Å². The number of pyridine rings is 1. The number of fused-ring (bicyclic) bond motifs is 1. The quantitative estimate of drug-likeness (QED) is 0.441. The molecule has 4 aromatic rings. The number of aryl methyl sites for hydroxylation is 1. The number of nitrogens with zero attached hydrogens (tertiary/aromatic N) is 2. The highest BCUT2D eigenvalue weighted by Gasteiger charge is 2.34. The van der Waals surface area contributed by atoms with Crippen LogP contribution in [0.25, 0.3) is 22.2 Å². The van der Waals surface area contributed by atoms with Crippen molar-refractivity contribution in [1.82, 2.24) is 9.55 Å². The van der Waals surface area contributed by atoms with Gasteiger partial charge in [0.05, 0.1) is 11.3 Å². The van der Waals surface area contributed by atoms with Crippen molar-refractivity contribution >= 4 is 22.5 Å². The molecule has 1 amide bonds. The van der Waals surface area contributed by atoms with Gasteiger partial charge in [-0.2, -0.15) is 13.2 Å². The second-order valence-corrected chi connectivity index (χ2v) is 6.75. The minimum atomic E-state index is -4.68. The third-order valence-electron chi connectivity index (χ3n) is 4.74. The third kappa shape index (κ3) is 3.63. The summed E-state index contributed by atoms with van der Waals surface area (Å²) in [4.78, 5) is 16.2. The molecular weight excluding hydrogens is 398 g/mol. The normalized spacial score (nSPS) is 11.6. The fourth-order valence-corrected chi connectivity index (χ4v) is 3.26. The van der Waals surface area contributed by atoms with Gasteiger partial charge in [-0.15, -0.1) is 0 Å². The predicted octanol–water partition coefficient (Wildman–Crippen LogP) is 5.65. The molecule has 0 unspecified atom stereocenters. The maximum Gasteiger partial charge on any atom is 0.418 e. The van der Waals surface area contributed by atoms with Crippen molar-refractivity contribution in [3.8, 4) is 11.3 Å². The van der Waals surface area contributed by atoms with Crippen molar-refractivity contribution < 1.29 is 22.4 Å². The first-order valence-electron chi connectivity index (χ1n) is 8.92. The van der Waals surface area contributed by atoms with Crippen molar-refractivity contribution in [2.75, 3.05) is 5.32 Å². The lowest BCUT2D eigenvalue weighted by molar-refractivity contribution is -0.137. The standard InChI is InChI=1S/C22H15F4N3O/c1-29-10-8-13-11-15(5-7-19(13)29)28-21(30)14-4-6-16(18(23)12-14)20-17(22(24,25)26)3-2-9-27-20/h2-12H,1H3,(H,28,30). The topological polar surface area (TPSA) is 46.9 Å². The number of aromatic nitrogens is 2. The maximum atomic E-state index is 14.6. The van der Waals surface area contributed by atoms with E-state index < -0.39 is 29.2 Å². The number of rotatable bonds is 3. The molecule has 2 aromatic heterocycles. The average molecular weight is 413 g/mol. The van der Waals surface area contributed by atoms with Crippen LogP contribution in [-0.2, 0) is 13.2 Å². The molecule has 0 aliphatic rings. The number of carbonyl (C=O) groups is 1. The number of carbonyl (C=O) groups excluding carboxylic acids is 1. The summed E-state index contributed by atoms with van der Waals surface area (Å²) >= 11 is 0. The molecule has 30 heavy (non-hydrogen) atoms. The van der Waals surface area contributed by atoms with Crippen LogP contribution in [0.5, 0.6) is 0 Å². The Hall–Kier alpha value is -3.68. The molecule has 0 radical (unpaired) electrons. The van der Waals surface area contributed by atoms with Crippen LogP contribution in [0.4, 0.5) is 23.2 Å². The van der Waals surface area contributed by atoms with Crippen LogP contribution in [0.2, 0.25) is 0 Å². The summed E-state index contributed by atoms with van der Waals surface area (Å²) in [7, 11) is 1.90. The number of anilines is 1. The summed E-state index contributed by atoms with van der Waals surface area (Å²) in [6, 6.07) is 12.5. The molecular formula is C22H15F4N3O. The molecule has 4 rings (SSSR count). The van der Waals surface area contributed by atoms with Gasteiger partial charge in [-0.25, -0.2) is 4.39 Å². The number of hydrogen-bond donors (Lipinski definition) is 1. The molecule has 4 nitrogen and oxygen atoms in total. The molecule has 0 bridgehead atoms. The zero-order valence-corrected chi connectivity index (χ0v) is 15.7. The van der Waals surface area contributed by atoms with Crippen LogP contribution < -0.4 is 5.32 Å². The zero-order chi connectivity index (χ0) is 21.5. The molecule has 152 valence electrons. The van der Waals surface area contributed by atoms with E-state index in [0.29, 0.717) is 5.69 Å². The van der Waals surface area contributed by atoms with Gasteiger partial charge in [0.2, 0.25) is 0 Å². The number of hydrogen-bond acceptors (Lipinski definition) is 2. The van der Waals surface area contributed by atoms with E-state index in [9.17, 15) is 22.4 Å². The monoisotopic (exact) mass is 413 g/mol. The van der Waals surface area contributed by atoms with Crippen LogP contribution in [0, 0.1) is 5.82 Å². The molecule has 0 spiro atoms. The van der Waals surface area contributed by atoms with E-state index in [1.54, 1.807) is 12.1 Å². The number of halogens is 4. The summed E-state index contributed by atoms with van der Waals surface area (Å²) in [6.45, 7) is 0. The smallest absolute Gasteiger partial charge is 0.351 e. The Morgan fingerprint density at radius 3 is 2.60 bits per heavy atom. The SMILES string of the molecule is Cn1ccc2cc(NC(=O)c3ccc(-c4ncccc4C(F)(F)F)c(F)c3)ccc21. The predicted molar refractivity (Wildman–Crippen MR) is 106 cm³/mol. The summed E-state index contributed by atoms with van der Waals surface area (Å²) in [5, 5.41) is 3.59. The van der Waals surface area contributed by atoms with E-state index in [1.165, 1.54) is 6.07 Å². The van der Waals surface area contributed by atoms with Gasteiger partial charge in [0, 0.05) is 47.2 Å². The highest BCUT2D eigenvalue weighted by atomic mass is 19.4. The second kappa shape index (κ2) is 7.29. The summed E-state index contributed by atoms with van der Waals surface area (Å²) < 4.78 is 56.2. The van der Waals surface area contributed by atoms with E-state index >= 15 is 0 Å². The molecule has 0 fully saturated rings. The maximum absolute atomic E-state index is 14.6. The van der Waals surface area contributed by atoms with E-state index in [1.807, 2.05) is 29.9 Å². The van der Waals surface area contributed by atoms with Gasteiger partial charge >= 0.3 is 6.18 Å². The first-order chi connectivity index (χ1) is 14.2. The lowest BCUT2D eigenvalue weighted by atomic mass is 10.0. The molecule has 0 saturated heterocycles. The third-order valence-corrected chi connectivity index (χ3v) is 4.74. The van der Waals surface area contributed by atoms with Gasteiger partial charge in [-0.3, -0.25) is 9.78 Å². The number of nitrogens with one attached hydrogen (secondary N) is 1. The Morgan fingerprint density at radius 2 is 1.87 bits per heavy atom. The van der Waals surface area contributed by atoms with Crippen molar-refractivity contribution in [3.05, 3.63) is 83.9 Å². The molecule has 1 N–H and O–H groups in total. The largest absolute Gasteiger partial charge is 0.418 e. The Bertz CT molecular complexity index is 1260. The molecule has 0 atom stereocenters. The number of amides is 1. The Balaban J connectivity index is 1.62. The minimum Gasteiger partial charge on any atom is -0.351 e. The van der Waals surface area contributed by atoms with Crippen molar-refractivity contribution in [3.63, 3.8) is 0 Å². The van der Waals surface area contributed by atoms with Crippen LogP contribution in [0.15, 0.2) is 67.0 Å². The van der Waals surface area contributed by atoms with Crippen molar-refractivity contribution in [2.45, 2.75) is 6.18 Å². The average Bonchev–Trinajstić information content (AvgIpc) is 3.07. The lowest BCUT2D eigenvalue weighted by Crippen LogP contribution is -2.13. The second-order valence-electron chi connectivity index (χ2n) is 6.75. The number of benzene rings is 2. The molecule has 2 heterocycles. The summed E-state index contributed by atoms with van der Waals surface area (Å²) in [5.41, 5.74) is -0.410. The van der Waals surface area contributed by atoms with E-state index in [2.05, 4.69) is 10.3 Å². The van der Waals surface area contributed by atoms with Crippen molar-refractivity contribution in [1.29, 1.82) is 0 Å². The Labute approximate surface area is 168 Å². The van der Waals surface area contributed by atoms with E-state index in [4.69, 9.17) is 0 Å². The van der Waals surface area contributed by atoms with Crippen LogP contribution in [0.3, 0.4) is 0 Å². The van der Waals surface area contributed by atoms with Gasteiger partial charge in [0.1, 0.15) is 5.82 Å². The summed E-state index contributed by atoms with van der Waals surface area (Å²) in [5.74, 6) is -1.54. The molecule has 0 aliphatic carbocycles. The molecule has 0 aliphatic heterocycles. The highest BCUT2D eigenvalue weighted by Crippen LogP contribution is 2.36. The van der Waals surface area contributed by atoms with Crippen LogP contribution in [0.1, 0.15) is 15.9 Å². The molecule has 2 aromatic carbocycles. The summed E-state index contributed by atoms with van der Waals surface area (Å²) in [6.07, 6.45) is -1.64. The van der Waals surface area contributed by atoms with E-state index in [0.717, 1.165) is 41.4 Å². The van der Waals surface area contributed by atoms with E-state index in [-0.39, 0.29) is 11.1 Å². The first-order valence-corrected chi connectivity index (χ1v) is 8.92. The number of alkyl halides is 3. The van der Waals surface area contributed by atoms with Gasteiger partial charge in [0.25, 0.3) is 5.91 Å². The van der Waals surface area contributed by atoms with Gasteiger partial charge in [-0.1, -0.05) is 0 Å². The minimum absolute atomic E-state index is 0.0195. The van der Waals surface area contributed by atoms with Gasteiger partial charge in [-0.05, 0) is 54.6 Å². The Kier molecular flexibility index (Phi) is 4.77. The lowest BCUT2D eigenvalue weighted by Gasteiger charge is -2.13. The zero-order valence-electron chi connectivity index (χ0n) is 15.7. The fourth-order valence-electron chi connectivity index (χ4n) is 3.26. The Morgan fingerprint density at radius 1 is 1.07 bits per heavy atom. The fraction of sp³-hybridized carbons (Fsp3) is 0.0909.